The number of amides is 1. The van der Waals surface area contributed by atoms with Gasteiger partial charge in [-0.2, -0.15) is 0 Å². The molecule has 2 rings (SSSR count). The SMILES string of the molecule is CN(C)CC1CC(O)CN1C(=O)c1cn(C)cn1. The van der Waals surface area contributed by atoms with Gasteiger partial charge in [-0.3, -0.25) is 4.79 Å². The number of nitrogens with zero attached hydrogens (tertiary/aromatic N) is 4. The van der Waals surface area contributed by atoms with Crippen LogP contribution in [0.2, 0.25) is 0 Å². The molecule has 0 bridgehead atoms. The average molecular weight is 252 g/mol. The predicted molar refractivity (Wildman–Crippen MR) is 67.2 cm³/mol. The summed E-state index contributed by atoms with van der Waals surface area (Å²) in [5.41, 5.74) is 0.440. The second-order valence-corrected chi connectivity index (χ2v) is 5.19. The molecular weight excluding hydrogens is 232 g/mol. The molecule has 1 N–H and O–H groups in total. The van der Waals surface area contributed by atoms with E-state index >= 15 is 0 Å². The molecule has 1 fully saturated rings. The van der Waals surface area contributed by atoms with Crippen molar-refractivity contribution in [3.05, 3.63) is 18.2 Å². The van der Waals surface area contributed by atoms with Gasteiger partial charge >= 0.3 is 0 Å². The fraction of sp³-hybridized carbons (Fsp3) is 0.667. The number of carbonyl (C=O) groups is 1. The number of hydrogen-bond donors (Lipinski definition) is 1. The van der Waals surface area contributed by atoms with Gasteiger partial charge in [0, 0.05) is 32.4 Å². The molecule has 6 nitrogen and oxygen atoms in total. The van der Waals surface area contributed by atoms with Crippen LogP contribution < -0.4 is 0 Å². The van der Waals surface area contributed by atoms with Crippen molar-refractivity contribution in [1.29, 1.82) is 0 Å². The van der Waals surface area contributed by atoms with Gasteiger partial charge in [-0.1, -0.05) is 0 Å². The van der Waals surface area contributed by atoms with Gasteiger partial charge in [0.25, 0.3) is 5.91 Å². The molecule has 2 unspecified atom stereocenters. The maximum Gasteiger partial charge on any atom is 0.274 e. The van der Waals surface area contributed by atoms with E-state index in [4.69, 9.17) is 0 Å². The summed E-state index contributed by atoms with van der Waals surface area (Å²) in [7, 11) is 5.77. The summed E-state index contributed by atoms with van der Waals surface area (Å²) in [5, 5.41) is 9.75. The molecule has 1 aromatic rings. The minimum Gasteiger partial charge on any atom is -0.391 e. The molecule has 18 heavy (non-hydrogen) atoms. The van der Waals surface area contributed by atoms with Gasteiger partial charge in [-0.05, 0) is 20.5 Å². The summed E-state index contributed by atoms with van der Waals surface area (Å²) in [6, 6.07) is 0.0597. The largest absolute Gasteiger partial charge is 0.391 e. The van der Waals surface area contributed by atoms with Gasteiger partial charge in [0.15, 0.2) is 0 Å². The Kier molecular flexibility index (Phi) is 3.68. The summed E-state index contributed by atoms with van der Waals surface area (Å²) in [6.07, 6.45) is 3.53. The van der Waals surface area contributed by atoms with Crippen LogP contribution in [0.1, 0.15) is 16.9 Å². The van der Waals surface area contributed by atoms with Crippen LogP contribution in [-0.4, -0.2) is 69.7 Å². The fourth-order valence-electron chi connectivity index (χ4n) is 2.41. The smallest absolute Gasteiger partial charge is 0.274 e. The Bertz CT molecular complexity index is 429. The van der Waals surface area contributed by atoms with Crippen LogP contribution in [0.25, 0.3) is 0 Å². The van der Waals surface area contributed by atoms with Gasteiger partial charge in [-0.15, -0.1) is 0 Å². The van der Waals surface area contributed by atoms with Gasteiger partial charge in [0.05, 0.1) is 12.4 Å². The Balaban J connectivity index is 2.12. The molecule has 1 amide bonds. The third kappa shape index (κ3) is 2.70. The second-order valence-electron chi connectivity index (χ2n) is 5.19. The maximum atomic E-state index is 12.3. The number of likely N-dealkylation sites (tertiary alicyclic amines) is 1. The van der Waals surface area contributed by atoms with Crippen molar-refractivity contribution in [2.75, 3.05) is 27.2 Å². The fourth-order valence-corrected chi connectivity index (χ4v) is 2.41. The summed E-state index contributed by atoms with van der Waals surface area (Å²) in [5.74, 6) is -0.0981. The van der Waals surface area contributed by atoms with E-state index in [2.05, 4.69) is 4.98 Å². The lowest BCUT2D eigenvalue weighted by Crippen LogP contribution is -2.41. The van der Waals surface area contributed by atoms with E-state index in [1.807, 2.05) is 26.0 Å². The highest BCUT2D eigenvalue weighted by atomic mass is 16.3. The lowest BCUT2D eigenvalue weighted by atomic mass is 10.2. The van der Waals surface area contributed by atoms with Crippen molar-refractivity contribution in [2.45, 2.75) is 18.6 Å². The summed E-state index contributed by atoms with van der Waals surface area (Å²) in [4.78, 5) is 20.2. The monoisotopic (exact) mass is 252 g/mol. The molecule has 1 aromatic heterocycles. The normalized spacial score (nSPS) is 23.9. The first-order valence-corrected chi connectivity index (χ1v) is 6.09. The molecule has 2 heterocycles. The maximum absolute atomic E-state index is 12.3. The van der Waals surface area contributed by atoms with E-state index in [0.717, 1.165) is 6.54 Å². The molecule has 0 radical (unpaired) electrons. The number of hydrogen-bond acceptors (Lipinski definition) is 4. The van der Waals surface area contributed by atoms with E-state index < -0.39 is 6.10 Å². The molecule has 6 heteroatoms. The highest BCUT2D eigenvalue weighted by molar-refractivity contribution is 5.92. The van der Waals surface area contributed by atoms with Crippen LogP contribution in [0.5, 0.6) is 0 Å². The Morgan fingerprint density at radius 2 is 2.33 bits per heavy atom. The summed E-state index contributed by atoms with van der Waals surface area (Å²) >= 11 is 0. The summed E-state index contributed by atoms with van der Waals surface area (Å²) in [6.45, 7) is 1.16. The van der Waals surface area contributed by atoms with Crippen LogP contribution in [0.15, 0.2) is 12.5 Å². The number of aliphatic hydroxyl groups is 1. The zero-order valence-corrected chi connectivity index (χ0v) is 11.1. The number of imidazole rings is 1. The molecule has 1 aliphatic rings. The van der Waals surface area contributed by atoms with Crippen LogP contribution in [0.3, 0.4) is 0 Å². The molecule has 0 saturated carbocycles. The minimum absolute atomic E-state index is 0.0597. The van der Waals surface area contributed by atoms with Gasteiger partial charge in [0.1, 0.15) is 5.69 Å². The number of aryl methyl sites for hydroxylation is 1. The van der Waals surface area contributed by atoms with E-state index in [-0.39, 0.29) is 11.9 Å². The number of aromatic nitrogens is 2. The highest BCUT2D eigenvalue weighted by Gasteiger charge is 2.35. The zero-order chi connectivity index (χ0) is 13.3. The van der Waals surface area contributed by atoms with Crippen molar-refractivity contribution >= 4 is 5.91 Å². The third-order valence-electron chi connectivity index (χ3n) is 3.15. The van der Waals surface area contributed by atoms with Crippen LogP contribution >= 0.6 is 0 Å². The van der Waals surface area contributed by atoms with Crippen molar-refractivity contribution in [3.8, 4) is 0 Å². The zero-order valence-electron chi connectivity index (χ0n) is 11.1. The molecule has 1 aliphatic heterocycles. The first-order valence-electron chi connectivity index (χ1n) is 6.09. The molecule has 0 aliphatic carbocycles. The lowest BCUT2D eigenvalue weighted by Gasteiger charge is -2.26. The Labute approximate surface area is 107 Å². The van der Waals surface area contributed by atoms with Gasteiger partial charge < -0.3 is 19.5 Å². The van der Waals surface area contributed by atoms with Gasteiger partial charge in [-0.25, -0.2) is 4.98 Å². The highest BCUT2D eigenvalue weighted by Crippen LogP contribution is 2.20. The van der Waals surface area contributed by atoms with E-state index in [0.29, 0.717) is 18.7 Å². The first-order chi connectivity index (χ1) is 8.47. The summed E-state index contributed by atoms with van der Waals surface area (Å²) < 4.78 is 1.75. The molecule has 0 spiro atoms. The van der Waals surface area contributed by atoms with E-state index in [1.54, 1.807) is 22.0 Å². The number of carbonyl (C=O) groups excluding carboxylic acids is 1. The standard InChI is InChI=1S/C12H20N4O2/c1-14(2)5-9-4-10(17)6-16(9)12(18)11-7-15(3)8-13-11/h7-10,17H,4-6H2,1-3H3. The Morgan fingerprint density at radius 1 is 1.61 bits per heavy atom. The number of aliphatic hydroxyl groups excluding tert-OH is 1. The van der Waals surface area contributed by atoms with Crippen LogP contribution in [0.4, 0.5) is 0 Å². The van der Waals surface area contributed by atoms with Crippen molar-refractivity contribution < 1.29 is 9.90 Å². The Morgan fingerprint density at radius 3 is 2.89 bits per heavy atom. The quantitative estimate of drug-likeness (QED) is 0.792. The number of β-amino-alcohol motifs (C(OH)–C–C–N with tert-alkyl or cyclic N) is 1. The van der Waals surface area contributed by atoms with Crippen molar-refractivity contribution in [1.82, 2.24) is 19.4 Å². The molecule has 2 atom stereocenters. The first kappa shape index (κ1) is 13.0. The minimum atomic E-state index is -0.428. The molecule has 0 aromatic carbocycles. The van der Waals surface area contributed by atoms with Crippen molar-refractivity contribution in [3.63, 3.8) is 0 Å². The van der Waals surface area contributed by atoms with Gasteiger partial charge in [0.2, 0.25) is 0 Å². The van der Waals surface area contributed by atoms with Crippen LogP contribution in [0, 0.1) is 0 Å². The topological polar surface area (TPSA) is 61.6 Å². The molecule has 100 valence electrons. The van der Waals surface area contributed by atoms with E-state index in [9.17, 15) is 9.90 Å². The van der Waals surface area contributed by atoms with E-state index in [1.165, 1.54) is 0 Å². The van der Waals surface area contributed by atoms with Crippen molar-refractivity contribution in [2.24, 2.45) is 7.05 Å². The second kappa shape index (κ2) is 5.07. The van der Waals surface area contributed by atoms with Crippen LogP contribution in [-0.2, 0) is 7.05 Å². The Hall–Kier alpha value is -1.40. The molecular formula is C12H20N4O2. The lowest BCUT2D eigenvalue weighted by molar-refractivity contribution is 0.0693. The average Bonchev–Trinajstić information content (AvgIpc) is 2.83. The predicted octanol–water partition coefficient (Wildman–Crippen LogP) is -0.443. The number of rotatable bonds is 3. The third-order valence-corrected chi connectivity index (χ3v) is 3.15. The molecule has 1 saturated heterocycles. The number of likely N-dealkylation sites (N-methyl/N-ethyl adjacent to an activating group) is 1.